The lowest BCUT2D eigenvalue weighted by Gasteiger charge is -2.13. The van der Waals surface area contributed by atoms with Crippen molar-refractivity contribution in [3.05, 3.63) is 38.8 Å². The molecule has 0 spiro atoms. The van der Waals surface area contributed by atoms with E-state index in [0.29, 0.717) is 14.7 Å². The summed E-state index contributed by atoms with van der Waals surface area (Å²) >= 11 is 6.86. The van der Waals surface area contributed by atoms with E-state index in [4.69, 9.17) is 11.2 Å². The number of allylic oxidation sites excluding steroid dienone is 2. The highest BCUT2D eigenvalue weighted by atomic mass is 79.9. The van der Waals surface area contributed by atoms with Gasteiger partial charge in [-0.3, -0.25) is 9.59 Å². The highest BCUT2D eigenvalue weighted by molar-refractivity contribution is 9.11. The van der Waals surface area contributed by atoms with Crippen LogP contribution in [0.2, 0.25) is 0 Å². The van der Waals surface area contributed by atoms with Crippen LogP contribution in [0, 0.1) is 36.0 Å². The molecule has 1 aromatic carbocycles. The number of nitrogens with zero attached hydrogens (tertiary/aromatic N) is 2. The van der Waals surface area contributed by atoms with E-state index in [1.165, 1.54) is 6.21 Å². The van der Waals surface area contributed by atoms with Crippen molar-refractivity contribution in [3.8, 4) is 18.1 Å². The molecule has 0 radical (unpaired) electrons. The second kappa shape index (κ2) is 6.67. The van der Waals surface area contributed by atoms with Crippen molar-refractivity contribution >= 4 is 49.9 Å². The summed E-state index contributed by atoms with van der Waals surface area (Å²) in [6, 6.07) is 3.58. The summed E-state index contributed by atoms with van der Waals surface area (Å²) in [6.45, 7) is 0.153. The topological polar surface area (TPSA) is 59.0 Å². The lowest BCUT2D eigenvalue weighted by atomic mass is 9.85. The lowest BCUT2D eigenvalue weighted by molar-refractivity contribution is -0.140. The van der Waals surface area contributed by atoms with Gasteiger partial charge in [-0.15, -0.1) is 6.42 Å². The summed E-state index contributed by atoms with van der Waals surface area (Å²) in [5.41, 5.74) is 0.718. The summed E-state index contributed by atoms with van der Waals surface area (Å²) in [5, 5.41) is 5.21. The van der Waals surface area contributed by atoms with Gasteiger partial charge in [0.1, 0.15) is 12.4 Å². The fourth-order valence-corrected chi connectivity index (χ4v) is 5.48. The van der Waals surface area contributed by atoms with Gasteiger partial charge in [0.25, 0.3) is 11.8 Å². The molecule has 132 valence electrons. The average molecular weight is 478 g/mol. The minimum absolute atomic E-state index is 0.153. The zero-order valence-corrected chi connectivity index (χ0v) is 16.7. The van der Waals surface area contributed by atoms with E-state index in [-0.39, 0.29) is 42.1 Å². The minimum Gasteiger partial charge on any atom is -0.479 e. The third kappa shape index (κ3) is 2.72. The molecule has 2 bridgehead atoms. The Balaban J connectivity index is 1.55. The third-order valence-electron chi connectivity index (χ3n) is 5.09. The normalized spacial score (nSPS) is 28.9. The van der Waals surface area contributed by atoms with E-state index in [1.807, 2.05) is 0 Å². The van der Waals surface area contributed by atoms with Crippen LogP contribution < -0.4 is 4.74 Å². The standard InChI is InChI=1S/C19H14Br2N2O3/c1-2-5-26-17-13(20)6-10(7-14(17)21)9-22-23-18(24)15-11-3-4-12(8-11)16(15)19(23)25/h1,3-4,6-7,9,11-12,15-16H,5,8H2/t11-,12-,15-,16+/m0/s1. The number of terminal acetylenes is 1. The van der Waals surface area contributed by atoms with E-state index in [1.54, 1.807) is 12.1 Å². The quantitative estimate of drug-likeness (QED) is 0.289. The van der Waals surface area contributed by atoms with Crippen molar-refractivity contribution in [3.63, 3.8) is 0 Å². The number of hydrogen-bond donors (Lipinski definition) is 0. The number of carbonyl (C=O) groups excluding carboxylic acids is 2. The Labute approximate surface area is 167 Å². The Bertz CT molecular complexity index is 850. The molecule has 0 N–H and O–H groups in total. The number of carbonyl (C=O) groups is 2. The fourth-order valence-electron chi connectivity index (χ4n) is 4.03. The van der Waals surface area contributed by atoms with Gasteiger partial charge in [0.2, 0.25) is 0 Å². The van der Waals surface area contributed by atoms with Crippen LogP contribution in [-0.2, 0) is 9.59 Å². The molecule has 7 heteroatoms. The summed E-state index contributed by atoms with van der Waals surface area (Å²) < 4.78 is 6.86. The molecule has 1 aliphatic heterocycles. The molecule has 2 fully saturated rings. The van der Waals surface area contributed by atoms with E-state index in [9.17, 15) is 9.59 Å². The van der Waals surface area contributed by atoms with Crippen LogP contribution in [0.3, 0.4) is 0 Å². The third-order valence-corrected chi connectivity index (χ3v) is 6.27. The number of ether oxygens (including phenoxy) is 1. The summed E-state index contributed by atoms with van der Waals surface area (Å²) in [6.07, 6.45) is 11.8. The molecule has 5 nitrogen and oxygen atoms in total. The van der Waals surface area contributed by atoms with Crippen LogP contribution in [0.1, 0.15) is 12.0 Å². The number of benzene rings is 1. The van der Waals surface area contributed by atoms with Crippen molar-refractivity contribution in [1.82, 2.24) is 5.01 Å². The molecule has 26 heavy (non-hydrogen) atoms. The Kier molecular flexibility index (Phi) is 4.49. The van der Waals surface area contributed by atoms with Crippen LogP contribution in [-0.4, -0.2) is 29.6 Å². The van der Waals surface area contributed by atoms with E-state index < -0.39 is 0 Å². The van der Waals surface area contributed by atoms with Gasteiger partial charge in [-0.2, -0.15) is 10.1 Å². The molecule has 2 aliphatic carbocycles. The van der Waals surface area contributed by atoms with Crippen LogP contribution >= 0.6 is 31.9 Å². The lowest BCUT2D eigenvalue weighted by Crippen LogP contribution is -2.28. The molecule has 1 heterocycles. The molecule has 1 saturated heterocycles. The summed E-state index contributed by atoms with van der Waals surface area (Å²) in [5.74, 6) is 2.48. The zero-order chi connectivity index (χ0) is 18.4. The second-order valence-electron chi connectivity index (χ2n) is 6.54. The Hall–Kier alpha value is -1.91. The van der Waals surface area contributed by atoms with Gasteiger partial charge in [-0.1, -0.05) is 18.1 Å². The van der Waals surface area contributed by atoms with Crippen LogP contribution in [0.4, 0.5) is 0 Å². The smallest absolute Gasteiger partial charge is 0.254 e. The highest BCUT2D eigenvalue weighted by Gasteiger charge is 2.59. The maximum absolute atomic E-state index is 12.6. The zero-order valence-electron chi connectivity index (χ0n) is 13.6. The van der Waals surface area contributed by atoms with Crippen LogP contribution in [0.25, 0.3) is 0 Å². The Morgan fingerprint density at radius 3 is 2.31 bits per heavy atom. The van der Waals surface area contributed by atoms with Crippen molar-refractivity contribution in [2.24, 2.45) is 28.8 Å². The number of fused-ring (bicyclic) bond motifs is 5. The molecule has 4 atom stereocenters. The van der Waals surface area contributed by atoms with Gasteiger partial charge >= 0.3 is 0 Å². The van der Waals surface area contributed by atoms with E-state index in [2.05, 4.69) is 55.0 Å². The number of hydrogen-bond acceptors (Lipinski definition) is 4. The second-order valence-corrected chi connectivity index (χ2v) is 8.25. The van der Waals surface area contributed by atoms with Crippen LogP contribution in [0.5, 0.6) is 5.75 Å². The fraction of sp³-hybridized carbons (Fsp3) is 0.316. The monoisotopic (exact) mass is 476 g/mol. The van der Waals surface area contributed by atoms with Crippen molar-refractivity contribution in [1.29, 1.82) is 0 Å². The molecular weight excluding hydrogens is 464 g/mol. The molecule has 2 amide bonds. The number of rotatable bonds is 4. The number of hydrazone groups is 1. The van der Waals surface area contributed by atoms with Crippen molar-refractivity contribution in [2.45, 2.75) is 6.42 Å². The largest absolute Gasteiger partial charge is 0.479 e. The van der Waals surface area contributed by atoms with Gasteiger partial charge in [-0.25, -0.2) is 0 Å². The van der Waals surface area contributed by atoms with Gasteiger partial charge in [0.15, 0.2) is 0 Å². The highest BCUT2D eigenvalue weighted by Crippen LogP contribution is 2.52. The Morgan fingerprint density at radius 2 is 1.77 bits per heavy atom. The molecule has 3 aliphatic rings. The first-order chi connectivity index (χ1) is 12.5. The number of amides is 2. The van der Waals surface area contributed by atoms with Crippen LogP contribution in [0.15, 0.2) is 38.3 Å². The molecule has 1 aromatic rings. The maximum atomic E-state index is 12.6. The summed E-state index contributed by atoms with van der Waals surface area (Å²) in [4.78, 5) is 25.2. The van der Waals surface area contributed by atoms with Gasteiger partial charge in [0, 0.05) is 0 Å². The predicted molar refractivity (Wildman–Crippen MR) is 103 cm³/mol. The Morgan fingerprint density at radius 1 is 1.19 bits per heavy atom. The predicted octanol–water partition coefficient (Wildman–Crippen LogP) is 3.36. The van der Waals surface area contributed by atoms with Crippen molar-refractivity contribution < 1.29 is 14.3 Å². The maximum Gasteiger partial charge on any atom is 0.254 e. The van der Waals surface area contributed by atoms with E-state index >= 15 is 0 Å². The first kappa shape index (κ1) is 17.5. The molecule has 0 aromatic heterocycles. The van der Waals surface area contributed by atoms with Gasteiger partial charge in [-0.05, 0) is 67.8 Å². The molecular formula is C19H14Br2N2O3. The van der Waals surface area contributed by atoms with E-state index in [0.717, 1.165) is 17.0 Å². The van der Waals surface area contributed by atoms with Gasteiger partial charge in [0.05, 0.1) is 27.0 Å². The molecule has 4 rings (SSSR count). The first-order valence-electron chi connectivity index (χ1n) is 8.16. The average Bonchev–Trinajstić information content (AvgIpc) is 3.27. The molecule has 1 saturated carbocycles. The SMILES string of the molecule is C#CCOc1c(Br)cc(C=NN2C(=O)[C@@H]3[C@H](C2=O)[C@H]2C=C[C@H]3C2)cc1Br. The first-order valence-corrected chi connectivity index (χ1v) is 9.75. The number of halogens is 2. The van der Waals surface area contributed by atoms with Gasteiger partial charge < -0.3 is 4.74 Å². The van der Waals surface area contributed by atoms with Crippen molar-refractivity contribution in [2.75, 3.05) is 6.61 Å². The number of imide groups is 1. The summed E-state index contributed by atoms with van der Waals surface area (Å²) in [7, 11) is 0. The minimum atomic E-state index is -0.243. The molecule has 0 unspecified atom stereocenters.